The Kier molecular flexibility index (Phi) is 5.99. The molecule has 6 nitrogen and oxygen atoms in total. The van der Waals surface area contributed by atoms with Gasteiger partial charge < -0.3 is 14.7 Å². The third-order valence-electron chi connectivity index (χ3n) is 2.84. The second-order valence-corrected chi connectivity index (χ2v) is 4.35. The highest BCUT2D eigenvalue weighted by molar-refractivity contribution is 5.87. The van der Waals surface area contributed by atoms with Crippen molar-refractivity contribution < 1.29 is 14.6 Å². The molecule has 1 heterocycles. The van der Waals surface area contributed by atoms with Crippen molar-refractivity contribution in [3.05, 3.63) is 30.0 Å². The molecule has 1 rings (SSSR count). The molecule has 1 N–H and O–H groups in total. The number of aromatic nitrogens is 2. The van der Waals surface area contributed by atoms with Crippen LogP contribution in [0, 0.1) is 6.92 Å². The topological polar surface area (TPSA) is 67.6 Å². The molecule has 0 saturated heterocycles. The summed E-state index contributed by atoms with van der Waals surface area (Å²) in [6, 6.07) is 0. The first kappa shape index (κ1) is 16.0. The van der Waals surface area contributed by atoms with Crippen LogP contribution in [0.5, 0.6) is 0 Å². The molecule has 0 atom stereocenters. The second-order valence-electron chi connectivity index (χ2n) is 4.35. The minimum absolute atomic E-state index is 0.570. The van der Waals surface area contributed by atoms with Crippen molar-refractivity contribution in [3.8, 4) is 0 Å². The van der Waals surface area contributed by atoms with Crippen molar-refractivity contribution in [2.75, 3.05) is 31.7 Å². The fourth-order valence-corrected chi connectivity index (χ4v) is 2.03. The van der Waals surface area contributed by atoms with Gasteiger partial charge in [-0.25, -0.2) is 4.79 Å². The average molecular weight is 279 g/mol. The van der Waals surface area contributed by atoms with Gasteiger partial charge in [0.1, 0.15) is 5.82 Å². The van der Waals surface area contributed by atoms with E-state index in [2.05, 4.69) is 16.6 Å². The molecule has 110 valence electrons. The molecule has 0 aromatic carbocycles. The van der Waals surface area contributed by atoms with E-state index in [0.29, 0.717) is 19.7 Å². The lowest BCUT2D eigenvalue weighted by molar-refractivity contribution is -0.131. The highest BCUT2D eigenvalue weighted by Gasteiger charge is 2.17. The number of rotatable bonds is 8. The Hall–Kier alpha value is -2.08. The molecule has 0 saturated carbocycles. The van der Waals surface area contributed by atoms with Gasteiger partial charge in [-0.05, 0) is 13.0 Å². The number of ether oxygens (including phenoxy) is 1. The minimum atomic E-state index is -0.980. The molecule has 0 radical (unpaired) electrons. The Labute approximate surface area is 119 Å². The molecule has 1 aromatic heterocycles. The zero-order valence-corrected chi connectivity index (χ0v) is 12.2. The Bertz CT molecular complexity index is 506. The van der Waals surface area contributed by atoms with E-state index in [1.807, 2.05) is 14.0 Å². The maximum absolute atomic E-state index is 10.7. The summed E-state index contributed by atoms with van der Waals surface area (Å²) < 4.78 is 6.85. The highest BCUT2D eigenvalue weighted by Crippen LogP contribution is 2.24. The molecule has 0 aliphatic carbocycles. The van der Waals surface area contributed by atoms with Crippen LogP contribution in [0.1, 0.15) is 11.3 Å². The first-order valence-corrected chi connectivity index (χ1v) is 6.30. The molecule has 6 heteroatoms. The predicted octanol–water partition coefficient (Wildman–Crippen LogP) is 1.47. The monoisotopic (exact) mass is 279 g/mol. The van der Waals surface area contributed by atoms with Gasteiger partial charge in [0.05, 0.1) is 12.3 Å². The van der Waals surface area contributed by atoms with Gasteiger partial charge in [0, 0.05) is 38.9 Å². The molecule has 0 aliphatic heterocycles. The zero-order chi connectivity index (χ0) is 15.1. The largest absolute Gasteiger partial charge is 0.478 e. The fourth-order valence-electron chi connectivity index (χ4n) is 2.03. The summed E-state index contributed by atoms with van der Waals surface area (Å²) in [5.41, 5.74) is 1.58. The number of carboxylic acids is 1. The van der Waals surface area contributed by atoms with Gasteiger partial charge in [-0.3, -0.25) is 4.68 Å². The lowest BCUT2D eigenvalue weighted by Gasteiger charge is -2.23. The standard InChI is InChI=1S/C14H21N3O3/c1-5-8-17(9-10-20-4)14-12(6-7-13(18)19)11(2)15-16(14)3/h5-7H,1,8-10H2,2-4H3,(H,18,19)/b7-6+. The van der Waals surface area contributed by atoms with E-state index in [9.17, 15) is 4.79 Å². The van der Waals surface area contributed by atoms with Gasteiger partial charge in [-0.15, -0.1) is 6.58 Å². The quantitative estimate of drug-likeness (QED) is 0.576. The number of carboxylic acid groups (broad SMARTS) is 1. The normalized spacial score (nSPS) is 10.9. The molecule has 1 aromatic rings. The Balaban J connectivity index is 3.17. The minimum Gasteiger partial charge on any atom is -0.478 e. The van der Waals surface area contributed by atoms with Crippen LogP contribution in [0.4, 0.5) is 5.82 Å². The number of aliphatic carboxylic acids is 1. The summed E-state index contributed by atoms with van der Waals surface area (Å²) in [4.78, 5) is 12.8. The zero-order valence-electron chi connectivity index (χ0n) is 12.2. The van der Waals surface area contributed by atoms with Gasteiger partial charge in [0.2, 0.25) is 0 Å². The van der Waals surface area contributed by atoms with E-state index >= 15 is 0 Å². The van der Waals surface area contributed by atoms with Gasteiger partial charge in [-0.1, -0.05) is 6.08 Å². The number of nitrogens with zero attached hydrogens (tertiary/aromatic N) is 3. The van der Waals surface area contributed by atoms with Gasteiger partial charge in [0.15, 0.2) is 0 Å². The maximum Gasteiger partial charge on any atom is 0.328 e. The number of aryl methyl sites for hydroxylation is 2. The molecule has 0 aliphatic rings. The van der Waals surface area contributed by atoms with E-state index in [1.54, 1.807) is 23.9 Å². The summed E-state index contributed by atoms with van der Waals surface area (Å²) in [5.74, 6) is -0.122. The van der Waals surface area contributed by atoms with Crippen molar-refractivity contribution in [1.82, 2.24) is 9.78 Å². The number of hydrogen-bond acceptors (Lipinski definition) is 4. The van der Waals surface area contributed by atoms with Crippen LogP contribution in [0.15, 0.2) is 18.7 Å². The molecule has 20 heavy (non-hydrogen) atoms. The van der Waals surface area contributed by atoms with Crippen LogP contribution in [-0.2, 0) is 16.6 Å². The predicted molar refractivity (Wildman–Crippen MR) is 78.9 cm³/mol. The first-order chi connectivity index (χ1) is 9.51. The van der Waals surface area contributed by atoms with Crippen molar-refractivity contribution in [1.29, 1.82) is 0 Å². The molecule has 0 amide bonds. The maximum atomic E-state index is 10.7. The molecule has 0 bridgehead atoms. The van der Waals surface area contributed by atoms with Crippen molar-refractivity contribution >= 4 is 17.9 Å². The lowest BCUT2D eigenvalue weighted by atomic mass is 10.2. The van der Waals surface area contributed by atoms with E-state index in [-0.39, 0.29) is 0 Å². The third kappa shape index (κ3) is 3.96. The SMILES string of the molecule is C=CCN(CCOC)c1c(/C=C/C(=O)O)c(C)nn1C. The Morgan fingerprint density at radius 3 is 2.85 bits per heavy atom. The van der Waals surface area contributed by atoms with Crippen LogP contribution in [0.3, 0.4) is 0 Å². The van der Waals surface area contributed by atoms with Gasteiger partial charge in [-0.2, -0.15) is 5.10 Å². The molecular weight excluding hydrogens is 258 g/mol. The molecule has 0 spiro atoms. The van der Waals surface area contributed by atoms with E-state index in [4.69, 9.17) is 9.84 Å². The number of methoxy groups -OCH3 is 1. The number of anilines is 1. The van der Waals surface area contributed by atoms with E-state index in [1.165, 1.54) is 0 Å². The van der Waals surface area contributed by atoms with Crippen LogP contribution >= 0.6 is 0 Å². The smallest absolute Gasteiger partial charge is 0.328 e. The van der Waals surface area contributed by atoms with E-state index < -0.39 is 5.97 Å². The van der Waals surface area contributed by atoms with Crippen molar-refractivity contribution in [3.63, 3.8) is 0 Å². The average Bonchev–Trinajstić information content (AvgIpc) is 2.66. The van der Waals surface area contributed by atoms with Gasteiger partial charge in [0.25, 0.3) is 0 Å². The third-order valence-corrected chi connectivity index (χ3v) is 2.84. The fraction of sp³-hybridized carbons (Fsp3) is 0.429. The summed E-state index contributed by atoms with van der Waals surface area (Å²) in [7, 11) is 3.48. The van der Waals surface area contributed by atoms with Gasteiger partial charge >= 0.3 is 5.97 Å². The first-order valence-electron chi connectivity index (χ1n) is 6.30. The summed E-state index contributed by atoms with van der Waals surface area (Å²) in [6.07, 6.45) is 4.49. The van der Waals surface area contributed by atoms with Crippen molar-refractivity contribution in [2.45, 2.75) is 6.92 Å². The number of hydrogen-bond donors (Lipinski definition) is 1. The molecule has 0 fully saturated rings. The summed E-state index contributed by atoms with van der Waals surface area (Å²) >= 11 is 0. The van der Waals surface area contributed by atoms with Crippen LogP contribution < -0.4 is 4.90 Å². The van der Waals surface area contributed by atoms with E-state index in [0.717, 1.165) is 23.2 Å². The second kappa shape index (κ2) is 7.49. The Morgan fingerprint density at radius 1 is 1.60 bits per heavy atom. The highest BCUT2D eigenvalue weighted by atomic mass is 16.5. The summed E-state index contributed by atoms with van der Waals surface area (Å²) in [6.45, 7) is 7.49. The van der Waals surface area contributed by atoms with Crippen molar-refractivity contribution in [2.24, 2.45) is 7.05 Å². The molecule has 0 unspecified atom stereocenters. The Morgan fingerprint density at radius 2 is 2.30 bits per heavy atom. The van der Waals surface area contributed by atoms with Crippen LogP contribution in [0.25, 0.3) is 6.08 Å². The molecular formula is C14H21N3O3. The summed E-state index contributed by atoms with van der Waals surface area (Å²) in [5, 5.41) is 13.1. The van der Waals surface area contributed by atoms with Crippen LogP contribution in [0.2, 0.25) is 0 Å². The lowest BCUT2D eigenvalue weighted by Crippen LogP contribution is -2.29. The number of carbonyl (C=O) groups is 1. The van der Waals surface area contributed by atoms with Crippen LogP contribution in [-0.4, -0.2) is 47.7 Å².